The van der Waals surface area contributed by atoms with E-state index in [1.807, 2.05) is 13.8 Å². The molecule has 0 saturated carbocycles. The maximum Gasteiger partial charge on any atom is 3.00 e. The van der Waals surface area contributed by atoms with E-state index in [2.05, 4.69) is 0 Å². The fourth-order valence-corrected chi connectivity index (χ4v) is 1.06. The summed E-state index contributed by atoms with van der Waals surface area (Å²) in [6.45, 7) is 6.88. The number of carbonyl (C=O) groups excluding carboxylic acids is 4. The zero-order valence-electron chi connectivity index (χ0n) is 14.2. The Morgan fingerprint density at radius 2 is 1.00 bits per heavy atom. The first-order valence-corrected chi connectivity index (χ1v) is 7.15. The predicted octanol–water partition coefficient (Wildman–Crippen LogP) is -1.26. The second kappa shape index (κ2) is 21.0. The van der Waals surface area contributed by atoms with Crippen molar-refractivity contribution in [3.8, 4) is 0 Å². The molecule has 0 spiro atoms. The van der Waals surface area contributed by atoms with Crippen molar-refractivity contribution >= 4 is 23.5 Å². The van der Waals surface area contributed by atoms with E-state index in [1.54, 1.807) is 13.8 Å². The molecule has 23 heavy (non-hydrogen) atoms. The Bertz CT molecular complexity index is 308. The first-order chi connectivity index (χ1) is 10.1. The number of carboxylic acids is 2. The molecule has 0 aromatic heterocycles. The Kier molecular flexibility index (Phi) is 27.2. The van der Waals surface area contributed by atoms with Crippen LogP contribution in [0.1, 0.15) is 66.2 Å². The van der Waals surface area contributed by atoms with Crippen molar-refractivity contribution in [2.75, 3.05) is 0 Å². The van der Waals surface area contributed by atoms with Gasteiger partial charge in [-0.15, -0.1) is 6.10 Å². The molecule has 0 amide bonds. The summed E-state index contributed by atoms with van der Waals surface area (Å²) in [5, 5.41) is 29.0. The zero-order valence-corrected chi connectivity index (χ0v) is 15.7. The molecule has 0 heterocycles. The van der Waals surface area contributed by atoms with Crippen LogP contribution in [0.25, 0.3) is 0 Å². The number of carbonyl (C=O) groups is 4. The quantitative estimate of drug-likeness (QED) is 0.387. The SMILES string of the molecule is CC(C)[O-].CCCC(=O)CC(=O)[O-].CCCC(=O)CC(=O)[O-].[Ti+3]. The van der Waals surface area contributed by atoms with Crippen molar-refractivity contribution in [3.63, 3.8) is 0 Å². The summed E-state index contributed by atoms with van der Waals surface area (Å²) in [6.07, 6.45) is 0.794. The number of rotatable bonds is 8. The minimum absolute atomic E-state index is 0. The van der Waals surface area contributed by atoms with Crippen LogP contribution in [0.3, 0.4) is 0 Å². The maximum atomic E-state index is 10.4. The first-order valence-electron chi connectivity index (χ1n) is 7.15. The molecule has 0 aliphatic rings. The third kappa shape index (κ3) is 44.9. The average molecular weight is 365 g/mol. The molecular weight excluding hydrogens is 340 g/mol. The van der Waals surface area contributed by atoms with Crippen LogP contribution >= 0.6 is 0 Å². The molecule has 0 aromatic carbocycles. The van der Waals surface area contributed by atoms with E-state index in [9.17, 15) is 34.5 Å². The summed E-state index contributed by atoms with van der Waals surface area (Å²) in [5.74, 6) is -3.07. The van der Waals surface area contributed by atoms with E-state index < -0.39 is 30.9 Å². The molecule has 0 aliphatic heterocycles. The van der Waals surface area contributed by atoms with Gasteiger partial charge in [-0.25, -0.2) is 0 Å². The summed E-state index contributed by atoms with van der Waals surface area (Å²) >= 11 is 0. The average Bonchev–Trinajstić information content (AvgIpc) is 2.26. The number of Topliss-reactive ketones (excluding diaryl/α,β-unsaturated/α-hetero) is 2. The van der Waals surface area contributed by atoms with Gasteiger partial charge in [0, 0.05) is 37.6 Å². The normalized spacial score (nSPS) is 8.61. The predicted molar refractivity (Wildman–Crippen MR) is 74.2 cm³/mol. The van der Waals surface area contributed by atoms with E-state index in [0.717, 1.165) is 0 Å². The van der Waals surface area contributed by atoms with Gasteiger partial charge in [0.05, 0.1) is 0 Å². The Labute approximate surface area is 152 Å². The van der Waals surface area contributed by atoms with Crippen molar-refractivity contribution in [2.24, 2.45) is 0 Å². The van der Waals surface area contributed by atoms with Gasteiger partial charge >= 0.3 is 21.7 Å². The Balaban J connectivity index is -0.000000124. The third-order valence-electron chi connectivity index (χ3n) is 1.74. The summed E-state index contributed by atoms with van der Waals surface area (Å²) in [6, 6.07) is 0. The van der Waals surface area contributed by atoms with E-state index in [-0.39, 0.29) is 33.3 Å². The zero-order chi connectivity index (χ0) is 18.1. The van der Waals surface area contributed by atoms with Gasteiger partial charge in [0.2, 0.25) is 0 Å². The molecule has 0 bridgehead atoms. The van der Waals surface area contributed by atoms with Crippen LogP contribution in [0.2, 0.25) is 0 Å². The van der Waals surface area contributed by atoms with Crippen molar-refractivity contribution < 1.29 is 56.2 Å². The molecule has 7 nitrogen and oxygen atoms in total. The van der Waals surface area contributed by atoms with Crippen molar-refractivity contribution in [1.82, 2.24) is 0 Å². The summed E-state index contributed by atoms with van der Waals surface area (Å²) < 4.78 is 0. The van der Waals surface area contributed by atoms with Gasteiger partial charge in [-0.3, -0.25) is 9.59 Å². The molecule has 8 heteroatoms. The van der Waals surface area contributed by atoms with Crippen molar-refractivity contribution in [2.45, 2.75) is 72.3 Å². The van der Waals surface area contributed by atoms with Crippen molar-refractivity contribution in [3.05, 3.63) is 0 Å². The van der Waals surface area contributed by atoms with Gasteiger partial charge in [-0.05, 0) is 12.8 Å². The molecule has 0 aromatic rings. The van der Waals surface area contributed by atoms with Gasteiger partial charge in [-0.2, -0.15) is 0 Å². The van der Waals surface area contributed by atoms with Crippen LogP contribution in [-0.4, -0.2) is 29.6 Å². The Morgan fingerprint density at radius 3 is 1.13 bits per heavy atom. The van der Waals surface area contributed by atoms with Crippen LogP contribution in [0.4, 0.5) is 0 Å². The van der Waals surface area contributed by atoms with Gasteiger partial charge in [-0.1, -0.05) is 27.7 Å². The van der Waals surface area contributed by atoms with Crippen LogP contribution in [0, 0.1) is 0 Å². The molecule has 0 fully saturated rings. The molecule has 0 atom stereocenters. The maximum absolute atomic E-state index is 10.4. The minimum atomic E-state index is -1.28. The fraction of sp³-hybridized carbons (Fsp3) is 0.733. The largest absolute Gasteiger partial charge is 3.00 e. The monoisotopic (exact) mass is 365 g/mol. The van der Waals surface area contributed by atoms with Gasteiger partial charge in [0.15, 0.2) is 0 Å². The number of hydrogen-bond donors (Lipinski definition) is 0. The van der Waals surface area contributed by atoms with E-state index in [0.29, 0.717) is 25.7 Å². The molecule has 0 saturated heterocycles. The summed E-state index contributed by atoms with van der Waals surface area (Å²) in [5.41, 5.74) is 0. The van der Waals surface area contributed by atoms with Crippen LogP contribution < -0.4 is 15.3 Å². The fourth-order valence-electron chi connectivity index (χ4n) is 1.06. The second-order valence-corrected chi connectivity index (χ2v) is 4.72. The smallest absolute Gasteiger partial charge is 0.852 e. The number of hydrogen-bond acceptors (Lipinski definition) is 7. The van der Waals surface area contributed by atoms with Gasteiger partial charge in [0.1, 0.15) is 11.6 Å². The van der Waals surface area contributed by atoms with Gasteiger partial charge < -0.3 is 24.9 Å². The van der Waals surface area contributed by atoms with E-state index in [1.165, 1.54) is 0 Å². The summed E-state index contributed by atoms with van der Waals surface area (Å²) in [7, 11) is 0. The standard InChI is InChI=1S/2C6H10O3.C3H7O.Ti/c2*1-2-3-5(7)4-6(8)9;1-3(2)4;/h2*2-4H2,1H3,(H,8,9);3H,1-2H3;/q;;-1;+3/p-2. The van der Waals surface area contributed by atoms with E-state index in [4.69, 9.17) is 0 Å². The molecule has 0 rings (SSSR count). The molecule has 131 valence electrons. The molecular formula is C15H25O7Ti. The number of ketones is 2. The summed E-state index contributed by atoms with van der Waals surface area (Å²) in [4.78, 5) is 40.4. The van der Waals surface area contributed by atoms with Crippen LogP contribution in [-0.2, 0) is 40.9 Å². The van der Waals surface area contributed by atoms with Crippen LogP contribution in [0.15, 0.2) is 0 Å². The Hall–Kier alpha value is -1.05. The topological polar surface area (TPSA) is 137 Å². The first kappa shape index (κ1) is 29.9. The van der Waals surface area contributed by atoms with Gasteiger partial charge in [0.25, 0.3) is 0 Å². The molecule has 0 unspecified atom stereocenters. The van der Waals surface area contributed by atoms with E-state index >= 15 is 0 Å². The molecule has 0 aliphatic carbocycles. The van der Waals surface area contributed by atoms with Crippen LogP contribution in [0.5, 0.6) is 0 Å². The third-order valence-corrected chi connectivity index (χ3v) is 1.74. The molecule has 1 radical (unpaired) electrons. The number of aliphatic carboxylic acids is 2. The molecule has 0 N–H and O–H groups in total. The van der Waals surface area contributed by atoms with Crippen molar-refractivity contribution in [1.29, 1.82) is 0 Å². The Morgan fingerprint density at radius 1 is 0.783 bits per heavy atom. The number of carboxylic acid groups (broad SMARTS) is 2. The minimum Gasteiger partial charge on any atom is -0.852 e. The second-order valence-electron chi connectivity index (χ2n) is 4.72.